The molecule has 0 aliphatic heterocycles. The molecule has 1 aliphatic carbocycles. The molecule has 0 N–H and O–H groups in total. The maximum atomic E-state index is 4.45. The van der Waals surface area contributed by atoms with Crippen molar-refractivity contribution in [1.82, 2.24) is 4.98 Å². The first-order valence-corrected chi connectivity index (χ1v) is 6.22. The second-order valence-electron chi connectivity index (χ2n) is 4.59. The van der Waals surface area contributed by atoms with Crippen molar-refractivity contribution in [3.8, 4) is 0 Å². The predicted octanol–water partition coefficient (Wildman–Crippen LogP) is 5.23. The maximum absolute atomic E-state index is 4.45. The third-order valence-electron chi connectivity index (χ3n) is 3.35. The number of hydrogen-bond acceptors (Lipinski definition) is 1. The van der Waals surface area contributed by atoms with E-state index in [0.29, 0.717) is 0 Å². The number of nitrogens with zero attached hydrogens (tertiary/aromatic N) is 1. The van der Waals surface area contributed by atoms with Gasteiger partial charge in [-0.3, -0.25) is 4.98 Å². The summed E-state index contributed by atoms with van der Waals surface area (Å²) in [7, 11) is 0. The van der Waals surface area contributed by atoms with Gasteiger partial charge in [0, 0.05) is 176 Å². The molecule has 0 unspecified atom stereocenters. The molecule has 1 nitrogen and oxygen atoms in total. The molecule has 0 saturated heterocycles. The fourth-order valence-electron chi connectivity index (χ4n) is 2.40. The number of pyridine rings is 1. The van der Waals surface area contributed by atoms with Crippen LogP contribution in [0.4, 0.5) is 0 Å². The summed E-state index contributed by atoms with van der Waals surface area (Å²) in [5, 5.41) is 0. The van der Waals surface area contributed by atoms with Gasteiger partial charge in [0.05, 0.1) is 5.69 Å². The normalized spacial score (nSPS) is 10.7. The smallest absolute Gasteiger partial charge is 0.0667 e. The first-order valence-electron chi connectivity index (χ1n) is 6.22. The Bertz CT molecular complexity index is 625. The van der Waals surface area contributed by atoms with Crippen LogP contribution in [0.2, 0.25) is 0 Å². The van der Waals surface area contributed by atoms with Gasteiger partial charge < -0.3 is 14.9 Å². The zero-order valence-electron chi connectivity index (χ0n) is 15.3. The van der Waals surface area contributed by atoms with E-state index in [2.05, 4.69) is 54.4 Å². The first-order chi connectivity index (χ1) is 8.84. The van der Waals surface area contributed by atoms with Crippen molar-refractivity contribution in [3.05, 3.63) is 92.5 Å². The second-order valence-corrected chi connectivity index (χ2v) is 4.59. The van der Waals surface area contributed by atoms with Gasteiger partial charge in [-0.15, -0.1) is 0 Å². The third kappa shape index (κ3) is 11.4. The monoisotopic (exact) mass is 708 g/mol. The summed E-state index contributed by atoms with van der Waals surface area (Å²) in [5.74, 6) is 0. The van der Waals surface area contributed by atoms with Crippen LogP contribution in [0.3, 0.4) is 0 Å². The number of hydrogen-bond donors (Lipinski definition) is 0. The largest absolute Gasteiger partial charge is 0.358 e. The average Bonchev–Trinajstić information content (AvgIpc) is 2.83. The summed E-state index contributed by atoms with van der Waals surface area (Å²) in [6, 6.07) is 16.7. The van der Waals surface area contributed by atoms with Gasteiger partial charge in [0.1, 0.15) is 0 Å². The third-order valence-corrected chi connectivity index (χ3v) is 3.35. The second kappa shape index (κ2) is 20.6. The van der Waals surface area contributed by atoms with Gasteiger partial charge in [-0.2, -0.15) is 0 Å². The van der Waals surface area contributed by atoms with Crippen LogP contribution in [0.1, 0.15) is 24.6 Å². The van der Waals surface area contributed by atoms with E-state index in [1.54, 1.807) is 0 Å². The summed E-state index contributed by atoms with van der Waals surface area (Å²) in [6.07, 6.45) is 5.11. The SMILES string of the molecule is CC1=C(c2ccccn2)CC(c2ccccc2)=C1.[CH3-].[CH3-].[Y].[Y].[Y].[Y].[Y]. The fourth-order valence-corrected chi connectivity index (χ4v) is 2.40. The summed E-state index contributed by atoms with van der Waals surface area (Å²) < 4.78 is 0. The number of benzene rings is 1. The van der Waals surface area contributed by atoms with E-state index in [9.17, 15) is 0 Å². The molecule has 25 heavy (non-hydrogen) atoms. The molecule has 0 amide bonds. The molecule has 1 aliphatic rings. The molecular weight excluding hydrogens is 687 g/mol. The molecule has 1 heterocycles. The van der Waals surface area contributed by atoms with Gasteiger partial charge in [-0.25, -0.2) is 0 Å². The Morgan fingerprint density at radius 3 is 1.84 bits per heavy atom. The van der Waals surface area contributed by atoms with Crippen LogP contribution in [-0.4, -0.2) is 4.98 Å². The van der Waals surface area contributed by atoms with Gasteiger partial charge in [0.25, 0.3) is 0 Å². The maximum Gasteiger partial charge on any atom is 0.0667 e. The Hall–Kier alpha value is 3.37. The minimum Gasteiger partial charge on any atom is -0.358 e. The van der Waals surface area contributed by atoms with Crippen LogP contribution < -0.4 is 0 Å². The van der Waals surface area contributed by atoms with Crippen molar-refractivity contribution in [2.24, 2.45) is 0 Å². The summed E-state index contributed by atoms with van der Waals surface area (Å²) in [5.41, 5.74) is 6.45. The molecule has 0 spiro atoms. The van der Waals surface area contributed by atoms with Crippen LogP contribution in [0.5, 0.6) is 0 Å². The van der Waals surface area contributed by atoms with Crippen molar-refractivity contribution < 1.29 is 164 Å². The van der Waals surface area contributed by atoms with E-state index in [0.717, 1.165) is 12.1 Å². The Morgan fingerprint density at radius 1 is 0.760 bits per heavy atom. The van der Waals surface area contributed by atoms with Gasteiger partial charge in [-0.05, 0) is 41.3 Å². The zero-order chi connectivity index (χ0) is 12.4. The molecule has 1 aromatic heterocycles. The number of aromatic nitrogens is 1. The quantitative estimate of drug-likeness (QED) is 0.390. The Balaban J connectivity index is -0.000000190. The van der Waals surface area contributed by atoms with Gasteiger partial charge in [0.2, 0.25) is 0 Å². The topological polar surface area (TPSA) is 12.9 Å². The molecule has 119 valence electrons. The van der Waals surface area contributed by atoms with E-state index in [4.69, 9.17) is 0 Å². The van der Waals surface area contributed by atoms with Crippen LogP contribution in [0.25, 0.3) is 11.1 Å². The van der Waals surface area contributed by atoms with Crippen molar-refractivity contribution in [1.29, 1.82) is 0 Å². The average molecular weight is 708 g/mol. The van der Waals surface area contributed by atoms with Gasteiger partial charge >= 0.3 is 0 Å². The summed E-state index contributed by atoms with van der Waals surface area (Å²) in [6.45, 7) is 2.17. The molecule has 0 saturated carbocycles. The molecule has 3 rings (SSSR count). The van der Waals surface area contributed by atoms with Crippen molar-refractivity contribution in [2.75, 3.05) is 0 Å². The Kier molecular flexibility index (Phi) is 32.1. The summed E-state index contributed by atoms with van der Waals surface area (Å²) in [4.78, 5) is 4.45. The molecule has 5 radical (unpaired) electrons. The van der Waals surface area contributed by atoms with E-state index in [1.807, 2.05) is 18.3 Å². The molecule has 0 atom stereocenters. The molecule has 2 aromatic rings. The fraction of sp³-hybridized carbons (Fsp3) is 0.105. The van der Waals surface area contributed by atoms with E-state index in [-0.39, 0.29) is 178 Å². The van der Waals surface area contributed by atoms with Crippen LogP contribution in [0.15, 0.2) is 66.4 Å². The van der Waals surface area contributed by atoms with Crippen LogP contribution in [-0.2, 0) is 164 Å². The zero-order valence-corrected chi connectivity index (χ0v) is 29.5. The van der Waals surface area contributed by atoms with Crippen molar-refractivity contribution in [3.63, 3.8) is 0 Å². The molecule has 1 aromatic carbocycles. The molecule has 0 bridgehead atoms. The van der Waals surface area contributed by atoms with Gasteiger partial charge in [0.15, 0.2) is 0 Å². The standard InChI is InChI=1S/C17H15N.2CH3.5Y/c1-13-11-15(14-7-3-2-4-8-14)12-16(13)17-9-5-6-10-18-17;;;;;;;/h2-11H,12H2,1H3;2*1H3;;;;;/q;2*-1;;;;;. The van der Waals surface area contributed by atoms with E-state index in [1.165, 1.54) is 22.3 Å². The van der Waals surface area contributed by atoms with Crippen LogP contribution in [0, 0.1) is 14.9 Å². The van der Waals surface area contributed by atoms with Crippen molar-refractivity contribution >= 4 is 11.1 Å². The Morgan fingerprint density at radius 2 is 1.32 bits per heavy atom. The number of allylic oxidation sites excluding steroid dienone is 4. The number of rotatable bonds is 2. The minimum absolute atomic E-state index is 0. The van der Waals surface area contributed by atoms with E-state index >= 15 is 0 Å². The first kappa shape index (κ1) is 38.9. The van der Waals surface area contributed by atoms with Crippen molar-refractivity contribution in [2.45, 2.75) is 13.3 Å². The summed E-state index contributed by atoms with van der Waals surface area (Å²) >= 11 is 0. The predicted molar refractivity (Wildman–Crippen MR) is 88.7 cm³/mol. The molecule has 6 heteroatoms. The molecule has 0 fully saturated rings. The minimum atomic E-state index is 0. The molecular formula is C19H21NY5-2. The van der Waals surface area contributed by atoms with E-state index < -0.39 is 0 Å². The van der Waals surface area contributed by atoms with Gasteiger partial charge in [-0.1, -0.05) is 42.5 Å². The van der Waals surface area contributed by atoms with Crippen LogP contribution >= 0.6 is 0 Å². The Labute approximate surface area is 279 Å².